The highest BCUT2D eigenvalue weighted by molar-refractivity contribution is 6.25. The van der Waals surface area contributed by atoms with Crippen molar-refractivity contribution in [3.63, 3.8) is 0 Å². The molecule has 214 valence electrons. The van der Waals surface area contributed by atoms with Crippen LogP contribution in [-0.2, 0) is 10.8 Å². The summed E-state index contributed by atoms with van der Waals surface area (Å²) in [6, 6.07) is 45.0. The second-order valence-electron chi connectivity index (χ2n) is 14.1. The molecule has 0 saturated carbocycles. The Kier molecular flexibility index (Phi) is 5.17. The Morgan fingerprint density at radius 3 is 1.68 bits per heavy atom. The van der Waals surface area contributed by atoms with Gasteiger partial charge in [0.2, 0.25) is 0 Å². The van der Waals surface area contributed by atoms with Gasteiger partial charge in [-0.15, -0.1) is 0 Å². The molecule has 0 saturated heterocycles. The van der Waals surface area contributed by atoms with Crippen LogP contribution in [0.3, 0.4) is 0 Å². The maximum Gasteiger partial charge on any atom is 0.0562 e. The Labute approximate surface area is 258 Å². The molecule has 0 N–H and O–H groups in total. The summed E-state index contributed by atoms with van der Waals surface area (Å²) >= 11 is 0. The summed E-state index contributed by atoms with van der Waals surface area (Å²) in [5, 5.41) is 7.99. The van der Waals surface area contributed by atoms with Crippen molar-refractivity contribution in [3.05, 3.63) is 132 Å². The number of benzene rings is 6. The van der Waals surface area contributed by atoms with Gasteiger partial charge in [-0.05, 0) is 94.1 Å². The fourth-order valence-electron chi connectivity index (χ4n) is 8.25. The van der Waals surface area contributed by atoms with Gasteiger partial charge in [-0.1, -0.05) is 100 Å². The van der Waals surface area contributed by atoms with Gasteiger partial charge in [-0.2, -0.15) is 0 Å². The SMILES string of the molecule is CC1(C)CCC(C)(C)c2c1ccc1c2c2cc3c4c5ccccc5ccc4n(-c4ccccc4)c3cc2n1-c1ccccc1. The molecule has 44 heavy (non-hydrogen) atoms. The number of nitrogens with zero attached hydrogens (tertiary/aromatic N) is 2. The van der Waals surface area contributed by atoms with E-state index in [-0.39, 0.29) is 10.8 Å². The third-order valence-electron chi connectivity index (χ3n) is 10.5. The van der Waals surface area contributed by atoms with Gasteiger partial charge < -0.3 is 9.13 Å². The molecule has 0 atom stereocenters. The van der Waals surface area contributed by atoms with Crippen LogP contribution in [0.5, 0.6) is 0 Å². The minimum Gasteiger partial charge on any atom is -0.309 e. The topological polar surface area (TPSA) is 9.86 Å². The lowest BCUT2D eigenvalue weighted by Crippen LogP contribution is -2.34. The lowest BCUT2D eigenvalue weighted by Gasteiger charge is -2.42. The Morgan fingerprint density at radius 1 is 0.455 bits per heavy atom. The molecule has 2 heterocycles. The molecule has 1 aliphatic rings. The minimum atomic E-state index is 0.0832. The maximum atomic E-state index is 2.53. The van der Waals surface area contributed by atoms with Crippen molar-refractivity contribution in [1.82, 2.24) is 9.13 Å². The highest BCUT2D eigenvalue weighted by Crippen LogP contribution is 2.51. The quantitative estimate of drug-likeness (QED) is 0.196. The predicted octanol–water partition coefficient (Wildman–Crippen LogP) is 11.4. The molecule has 0 radical (unpaired) electrons. The first-order chi connectivity index (χ1) is 21.3. The van der Waals surface area contributed by atoms with Crippen molar-refractivity contribution in [3.8, 4) is 11.4 Å². The van der Waals surface area contributed by atoms with Gasteiger partial charge in [0.05, 0.1) is 22.1 Å². The minimum absolute atomic E-state index is 0.0832. The highest BCUT2D eigenvalue weighted by Gasteiger charge is 2.39. The first kappa shape index (κ1) is 25.7. The lowest BCUT2D eigenvalue weighted by molar-refractivity contribution is 0.334. The summed E-state index contributed by atoms with van der Waals surface area (Å²) in [7, 11) is 0. The average Bonchev–Trinajstić information content (AvgIpc) is 3.55. The Balaban J connectivity index is 1.55. The molecule has 0 amide bonds. The Morgan fingerprint density at radius 2 is 1.00 bits per heavy atom. The third kappa shape index (κ3) is 3.43. The van der Waals surface area contributed by atoms with Crippen molar-refractivity contribution >= 4 is 54.4 Å². The normalized spacial score (nSPS) is 15.9. The van der Waals surface area contributed by atoms with E-state index in [2.05, 4.69) is 158 Å². The number of para-hydroxylation sites is 2. The van der Waals surface area contributed by atoms with E-state index in [9.17, 15) is 0 Å². The maximum absolute atomic E-state index is 2.53. The summed E-state index contributed by atoms with van der Waals surface area (Å²) < 4.78 is 4.97. The van der Waals surface area contributed by atoms with Crippen molar-refractivity contribution in [1.29, 1.82) is 0 Å². The van der Waals surface area contributed by atoms with Crippen molar-refractivity contribution in [2.75, 3.05) is 0 Å². The molecule has 2 aromatic heterocycles. The first-order valence-corrected chi connectivity index (χ1v) is 15.9. The fraction of sp³-hybridized carbons (Fsp3) is 0.190. The van der Waals surface area contributed by atoms with Gasteiger partial charge in [0.25, 0.3) is 0 Å². The van der Waals surface area contributed by atoms with Gasteiger partial charge in [0, 0.05) is 32.9 Å². The zero-order chi connectivity index (χ0) is 29.8. The molecule has 0 aliphatic heterocycles. The van der Waals surface area contributed by atoms with Crippen LogP contribution < -0.4 is 0 Å². The van der Waals surface area contributed by atoms with Crippen molar-refractivity contribution in [2.45, 2.75) is 51.4 Å². The van der Waals surface area contributed by atoms with E-state index in [1.165, 1.54) is 89.7 Å². The molecule has 2 heteroatoms. The average molecular weight is 569 g/mol. The van der Waals surface area contributed by atoms with Gasteiger partial charge >= 0.3 is 0 Å². The summed E-state index contributed by atoms with van der Waals surface area (Å²) in [5.74, 6) is 0. The molecule has 6 aromatic carbocycles. The highest BCUT2D eigenvalue weighted by atomic mass is 15.0. The molecule has 0 spiro atoms. The number of fused-ring (bicyclic) bond motifs is 10. The number of aromatic nitrogens is 2. The van der Waals surface area contributed by atoms with E-state index >= 15 is 0 Å². The number of hydrogen-bond acceptors (Lipinski definition) is 0. The van der Waals surface area contributed by atoms with Gasteiger partial charge in [0.15, 0.2) is 0 Å². The molecule has 8 aromatic rings. The molecule has 0 unspecified atom stereocenters. The van der Waals surface area contributed by atoms with Crippen LogP contribution >= 0.6 is 0 Å². The van der Waals surface area contributed by atoms with Crippen LogP contribution in [-0.4, -0.2) is 9.13 Å². The molecular weight excluding hydrogens is 532 g/mol. The van der Waals surface area contributed by atoms with Crippen LogP contribution in [0.25, 0.3) is 65.8 Å². The van der Waals surface area contributed by atoms with Gasteiger partial charge in [-0.25, -0.2) is 0 Å². The Bertz CT molecular complexity index is 2420. The summed E-state index contributed by atoms with van der Waals surface area (Å²) in [4.78, 5) is 0. The lowest BCUT2D eigenvalue weighted by atomic mass is 9.62. The molecule has 1 aliphatic carbocycles. The van der Waals surface area contributed by atoms with E-state index in [0.717, 1.165) is 0 Å². The standard InChI is InChI=1S/C42H36N2/c1-41(2)23-24-42(3,4)40-33(41)20-22-35-39(40)32-25-31-36(26-37(32)44(35)29-16-9-6-10-17-29)43(28-14-7-5-8-15-28)34-21-19-27-13-11-12-18-30(27)38(31)34/h5-22,25-26H,23-24H2,1-4H3. The predicted molar refractivity (Wildman–Crippen MR) is 188 cm³/mol. The summed E-state index contributed by atoms with van der Waals surface area (Å²) in [5.41, 5.74) is 10.7. The van der Waals surface area contributed by atoms with Crippen LogP contribution in [0.1, 0.15) is 51.7 Å². The largest absolute Gasteiger partial charge is 0.309 e. The molecular formula is C42H36N2. The molecule has 2 nitrogen and oxygen atoms in total. The summed E-state index contributed by atoms with van der Waals surface area (Å²) in [6.45, 7) is 9.78. The zero-order valence-electron chi connectivity index (χ0n) is 25.9. The second-order valence-corrected chi connectivity index (χ2v) is 14.1. The molecule has 9 rings (SSSR count). The van der Waals surface area contributed by atoms with Crippen LogP contribution in [0.15, 0.2) is 121 Å². The second kappa shape index (κ2) is 8.86. The van der Waals surface area contributed by atoms with Crippen LogP contribution in [0.2, 0.25) is 0 Å². The number of rotatable bonds is 2. The van der Waals surface area contributed by atoms with Crippen LogP contribution in [0, 0.1) is 0 Å². The smallest absolute Gasteiger partial charge is 0.0562 e. The van der Waals surface area contributed by atoms with E-state index < -0.39 is 0 Å². The first-order valence-electron chi connectivity index (χ1n) is 15.9. The Hall–Kier alpha value is -4.82. The van der Waals surface area contributed by atoms with E-state index in [1.54, 1.807) is 0 Å². The summed E-state index contributed by atoms with van der Waals surface area (Å²) in [6.07, 6.45) is 2.39. The number of hydrogen-bond donors (Lipinski definition) is 0. The van der Waals surface area contributed by atoms with E-state index in [1.807, 2.05) is 0 Å². The monoisotopic (exact) mass is 568 g/mol. The zero-order valence-corrected chi connectivity index (χ0v) is 25.9. The fourth-order valence-corrected chi connectivity index (χ4v) is 8.25. The van der Waals surface area contributed by atoms with Crippen molar-refractivity contribution < 1.29 is 0 Å². The van der Waals surface area contributed by atoms with Crippen LogP contribution in [0.4, 0.5) is 0 Å². The third-order valence-corrected chi connectivity index (χ3v) is 10.5. The van der Waals surface area contributed by atoms with E-state index in [0.29, 0.717) is 0 Å². The van der Waals surface area contributed by atoms with Crippen molar-refractivity contribution in [2.24, 2.45) is 0 Å². The van der Waals surface area contributed by atoms with E-state index in [4.69, 9.17) is 0 Å². The van der Waals surface area contributed by atoms with Gasteiger partial charge in [-0.3, -0.25) is 0 Å². The molecule has 0 fully saturated rings. The molecule has 0 bridgehead atoms. The van der Waals surface area contributed by atoms with Gasteiger partial charge in [0.1, 0.15) is 0 Å².